The van der Waals surface area contributed by atoms with Gasteiger partial charge in [0.05, 0.1) is 13.7 Å². The lowest BCUT2D eigenvalue weighted by molar-refractivity contribution is 0.0519. The second kappa shape index (κ2) is 6.51. The Morgan fingerprint density at radius 2 is 2.05 bits per heavy atom. The van der Waals surface area contributed by atoms with Crippen LogP contribution in [0.5, 0.6) is 5.75 Å². The van der Waals surface area contributed by atoms with Crippen molar-refractivity contribution in [1.29, 1.82) is 0 Å². The van der Waals surface area contributed by atoms with Crippen LogP contribution < -0.4 is 10.1 Å². The summed E-state index contributed by atoms with van der Waals surface area (Å²) in [5, 5.41) is 6.62. The molecule has 0 atom stereocenters. The Morgan fingerprint density at radius 3 is 2.73 bits per heavy atom. The second-order valence-corrected chi connectivity index (χ2v) is 5.73. The highest BCUT2D eigenvalue weighted by atomic mass is 16.6. The SMILES string of the molecule is COc1ccccc1-c1cc(CNC(=O)OC(C)(C)C)on1. The summed E-state index contributed by atoms with van der Waals surface area (Å²) in [6, 6.07) is 9.28. The van der Waals surface area contributed by atoms with Crippen molar-refractivity contribution in [1.82, 2.24) is 10.5 Å². The number of hydrogen-bond donors (Lipinski definition) is 1. The van der Waals surface area contributed by atoms with Gasteiger partial charge in [-0.25, -0.2) is 4.79 Å². The summed E-state index contributed by atoms with van der Waals surface area (Å²) in [5.74, 6) is 1.24. The van der Waals surface area contributed by atoms with Gasteiger partial charge >= 0.3 is 6.09 Å². The highest BCUT2D eigenvalue weighted by Gasteiger charge is 2.17. The van der Waals surface area contributed by atoms with Crippen LogP contribution in [-0.4, -0.2) is 24.0 Å². The number of amides is 1. The van der Waals surface area contributed by atoms with Crippen molar-refractivity contribution in [3.05, 3.63) is 36.1 Å². The minimum atomic E-state index is -0.534. The highest BCUT2D eigenvalue weighted by Crippen LogP contribution is 2.28. The number of carbonyl (C=O) groups excluding carboxylic acids is 1. The molecule has 0 saturated heterocycles. The van der Waals surface area contributed by atoms with Crippen LogP contribution in [0, 0.1) is 0 Å². The van der Waals surface area contributed by atoms with Crippen LogP contribution in [0.2, 0.25) is 0 Å². The lowest BCUT2D eigenvalue weighted by atomic mass is 10.1. The van der Waals surface area contributed by atoms with E-state index in [4.69, 9.17) is 14.0 Å². The van der Waals surface area contributed by atoms with Crippen molar-refractivity contribution in [3.8, 4) is 17.0 Å². The molecule has 2 aromatic rings. The first-order chi connectivity index (χ1) is 10.4. The van der Waals surface area contributed by atoms with Crippen LogP contribution in [0.3, 0.4) is 0 Å². The van der Waals surface area contributed by atoms with E-state index in [9.17, 15) is 4.79 Å². The molecule has 1 aromatic heterocycles. The molecule has 6 nitrogen and oxygen atoms in total. The van der Waals surface area contributed by atoms with Crippen molar-refractivity contribution in [2.24, 2.45) is 0 Å². The van der Waals surface area contributed by atoms with E-state index in [0.29, 0.717) is 17.2 Å². The van der Waals surface area contributed by atoms with Crippen LogP contribution in [0.15, 0.2) is 34.9 Å². The Labute approximate surface area is 129 Å². The number of carbonyl (C=O) groups is 1. The summed E-state index contributed by atoms with van der Waals surface area (Å²) in [7, 11) is 1.60. The van der Waals surface area contributed by atoms with E-state index in [1.807, 2.05) is 24.3 Å². The number of aromatic nitrogens is 1. The largest absolute Gasteiger partial charge is 0.496 e. The number of benzene rings is 1. The first-order valence-corrected chi connectivity index (χ1v) is 6.95. The topological polar surface area (TPSA) is 73.6 Å². The van der Waals surface area contributed by atoms with E-state index >= 15 is 0 Å². The molecule has 0 radical (unpaired) electrons. The normalized spacial score (nSPS) is 11.1. The summed E-state index contributed by atoms with van der Waals surface area (Å²) in [6.45, 7) is 5.62. The van der Waals surface area contributed by atoms with Gasteiger partial charge in [-0.1, -0.05) is 17.3 Å². The summed E-state index contributed by atoms with van der Waals surface area (Å²) in [4.78, 5) is 11.6. The fourth-order valence-corrected chi connectivity index (χ4v) is 1.85. The van der Waals surface area contributed by atoms with Crippen LogP contribution in [0.4, 0.5) is 4.79 Å². The first-order valence-electron chi connectivity index (χ1n) is 6.95. The molecule has 1 amide bonds. The molecule has 2 rings (SSSR count). The number of nitrogens with one attached hydrogen (secondary N) is 1. The minimum Gasteiger partial charge on any atom is -0.496 e. The summed E-state index contributed by atoms with van der Waals surface area (Å²) in [6.07, 6.45) is -0.497. The number of para-hydroxylation sites is 1. The fourth-order valence-electron chi connectivity index (χ4n) is 1.85. The predicted molar refractivity (Wildman–Crippen MR) is 81.6 cm³/mol. The average molecular weight is 304 g/mol. The smallest absolute Gasteiger partial charge is 0.408 e. The molecule has 1 heterocycles. The summed E-state index contributed by atoms with van der Waals surface area (Å²) < 4.78 is 15.7. The molecule has 0 spiro atoms. The standard InChI is InChI=1S/C16H20N2O4/c1-16(2,3)21-15(19)17-10-11-9-13(18-22-11)12-7-5-6-8-14(12)20-4/h5-9H,10H2,1-4H3,(H,17,19). The van der Waals surface area contributed by atoms with E-state index in [1.165, 1.54) is 0 Å². The molecule has 0 aliphatic rings. The Balaban J connectivity index is 2.02. The van der Waals surface area contributed by atoms with Gasteiger partial charge in [0.2, 0.25) is 0 Å². The van der Waals surface area contributed by atoms with Gasteiger partial charge in [-0.3, -0.25) is 0 Å². The minimum absolute atomic E-state index is 0.205. The molecule has 0 aliphatic heterocycles. The van der Waals surface area contributed by atoms with E-state index < -0.39 is 11.7 Å². The molecule has 0 unspecified atom stereocenters. The second-order valence-electron chi connectivity index (χ2n) is 5.73. The lowest BCUT2D eigenvalue weighted by Crippen LogP contribution is -2.32. The Kier molecular flexibility index (Phi) is 4.70. The zero-order chi connectivity index (χ0) is 16.2. The zero-order valence-electron chi connectivity index (χ0n) is 13.2. The van der Waals surface area contributed by atoms with Gasteiger partial charge in [0, 0.05) is 11.6 Å². The molecule has 1 N–H and O–H groups in total. The quantitative estimate of drug-likeness (QED) is 0.937. The fraction of sp³-hybridized carbons (Fsp3) is 0.375. The third kappa shape index (κ3) is 4.25. The van der Waals surface area contributed by atoms with Gasteiger partial charge in [0.1, 0.15) is 17.0 Å². The molecular formula is C16H20N2O4. The lowest BCUT2D eigenvalue weighted by Gasteiger charge is -2.19. The first kappa shape index (κ1) is 15.9. The van der Waals surface area contributed by atoms with E-state index in [0.717, 1.165) is 5.56 Å². The van der Waals surface area contributed by atoms with Gasteiger partial charge in [-0.15, -0.1) is 0 Å². The Hall–Kier alpha value is -2.50. The average Bonchev–Trinajstić information content (AvgIpc) is 2.92. The maximum Gasteiger partial charge on any atom is 0.408 e. The van der Waals surface area contributed by atoms with Gasteiger partial charge in [0.25, 0.3) is 0 Å². The number of ether oxygens (including phenoxy) is 2. The Bertz CT molecular complexity index is 644. The maximum atomic E-state index is 11.6. The number of hydrogen-bond acceptors (Lipinski definition) is 5. The zero-order valence-corrected chi connectivity index (χ0v) is 13.2. The molecule has 6 heteroatoms. The van der Waals surface area contributed by atoms with Gasteiger partial charge in [-0.2, -0.15) is 0 Å². The van der Waals surface area contributed by atoms with Crippen LogP contribution in [-0.2, 0) is 11.3 Å². The molecule has 0 aliphatic carbocycles. The third-order valence-electron chi connectivity index (χ3n) is 2.75. The van der Waals surface area contributed by atoms with E-state index in [2.05, 4.69) is 10.5 Å². The number of rotatable bonds is 4. The number of nitrogens with zero attached hydrogens (tertiary/aromatic N) is 1. The predicted octanol–water partition coefficient (Wildman–Crippen LogP) is 3.37. The van der Waals surface area contributed by atoms with E-state index in [-0.39, 0.29) is 6.54 Å². The summed E-state index contributed by atoms with van der Waals surface area (Å²) in [5.41, 5.74) is 0.948. The van der Waals surface area contributed by atoms with Gasteiger partial charge in [-0.05, 0) is 32.9 Å². The van der Waals surface area contributed by atoms with Crippen LogP contribution in [0.1, 0.15) is 26.5 Å². The molecule has 0 fully saturated rings. The van der Waals surface area contributed by atoms with Gasteiger partial charge in [0.15, 0.2) is 5.76 Å². The van der Waals surface area contributed by atoms with Crippen molar-refractivity contribution >= 4 is 6.09 Å². The number of methoxy groups -OCH3 is 1. The van der Waals surface area contributed by atoms with Crippen molar-refractivity contribution < 1.29 is 18.8 Å². The van der Waals surface area contributed by atoms with Crippen molar-refractivity contribution in [3.63, 3.8) is 0 Å². The molecule has 1 aromatic carbocycles. The Morgan fingerprint density at radius 1 is 1.32 bits per heavy atom. The molecule has 22 heavy (non-hydrogen) atoms. The van der Waals surface area contributed by atoms with Crippen LogP contribution in [0.25, 0.3) is 11.3 Å². The van der Waals surface area contributed by atoms with Crippen molar-refractivity contribution in [2.75, 3.05) is 7.11 Å². The summed E-state index contributed by atoms with van der Waals surface area (Å²) >= 11 is 0. The molecule has 118 valence electrons. The van der Waals surface area contributed by atoms with Gasteiger partial charge < -0.3 is 19.3 Å². The van der Waals surface area contributed by atoms with Crippen molar-refractivity contribution in [2.45, 2.75) is 32.9 Å². The molecule has 0 saturated carbocycles. The van der Waals surface area contributed by atoms with E-state index in [1.54, 1.807) is 33.9 Å². The molecular weight excluding hydrogens is 284 g/mol. The highest BCUT2D eigenvalue weighted by molar-refractivity contribution is 5.68. The third-order valence-corrected chi connectivity index (χ3v) is 2.75. The van der Waals surface area contributed by atoms with Crippen LogP contribution >= 0.6 is 0 Å². The molecule has 0 bridgehead atoms. The monoisotopic (exact) mass is 304 g/mol. The number of alkyl carbamates (subject to hydrolysis) is 1. The maximum absolute atomic E-state index is 11.6.